The molecule has 1 aromatic heterocycles. The number of aromatic nitrogens is 1. The number of thiazole rings is 1. The van der Waals surface area contributed by atoms with Crippen molar-refractivity contribution in [3.05, 3.63) is 16.1 Å². The fourth-order valence-corrected chi connectivity index (χ4v) is 2.46. The zero-order chi connectivity index (χ0) is 17.8. The topological polar surface area (TPSA) is 67.8 Å². The van der Waals surface area contributed by atoms with Crippen molar-refractivity contribution < 1.29 is 22.6 Å². The Morgan fingerprint density at radius 3 is 2.71 bits per heavy atom. The van der Waals surface area contributed by atoms with Crippen LogP contribution in [0.1, 0.15) is 17.6 Å². The highest BCUT2D eigenvalue weighted by molar-refractivity contribution is 7.09. The van der Waals surface area contributed by atoms with Crippen LogP contribution in [0.3, 0.4) is 0 Å². The predicted molar refractivity (Wildman–Crippen MR) is 87.5 cm³/mol. The molecule has 1 aromatic rings. The van der Waals surface area contributed by atoms with Gasteiger partial charge in [0.1, 0.15) is 0 Å². The van der Waals surface area contributed by atoms with E-state index in [2.05, 4.69) is 20.6 Å². The fourth-order valence-electron chi connectivity index (χ4n) is 1.65. The van der Waals surface area contributed by atoms with Crippen molar-refractivity contribution in [3.63, 3.8) is 0 Å². The average Bonchev–Trinajstić information content (AvgIpc) is 3.00. The van der Waals surface area contributed by atoms with E-state index in [1.54, 1.807) is 7.11 Å². The molecule has 0 aliphatic carbocycles. The lowest BCUT2D eigenvalue weighted by molar-refractivity contribution is -0.140. The van der Waals surface area contributed by atoms with Gasteiger partial charge in [-0.05, 0) is 6.92 Å². The molecular formula is C14H23F3N4O2S. The number of hydrogen-bond donors (Lipinski definition) is 2. The second-order valence-electron chi connectivity index (χ2n) is 4.67. The molecule has 0 radical (unpaired) electrons. The first-order valence-corrected chi connectivity index (χ1v) is 8.45. The van der Waals surface area contributed by atoms with E-state index in [9.17, 15) is 13.2 Å². The van der Waals surface area contributed by atoms with Gasteiger partial charge in [0.15, 0.2) is 11.7 Å². The summed E-state index contributed by atoms with van der Waals surface area (Å²) in [5.41, 5.74) is -0.837. The van der Waals surface area contributed by atoms with Gasteiger partial charge in [0.2, 0.25) is 0 Å². The molecule has 0 atom stereocenters. The standard InChI is InChI=1S/C14H23F3N4O2S/c1-3-18-13(20-6-7-23-9-8-22-2)19-5-4-12-21-11(10-24-12)14(15,16)17/h10H,3-9H2,1-2H3,(H2,18,19,20). The van der Waals surface area contributed by atoms with Gasteiger partial charge in [0.25, 0.3) is 0 Å². The Kier molecular flexibility index (Phi) is 9.65. The van der Waals surface area contributed by atoms with Gasteiger partial charge in [-0.3, -0.25) is 4.99 Å². The van der Waals surface area contributed by atoms with Crippen molar-refractivity contribution in [3.8, 4) is 0 Å². The molecule has 0 amide bonds. The van der Waals surface area contributed by atoms with Gasteiger partial charge in [0.05, 0.1) is 31.4 Å². The largest absolute Gasteiger partial charge is 0.434 e. The number of guanidine groups is 1. The zero-order valence-electron chi connectivity index (χ0n) is 13.8. The molecule has 24 heavy (non-hydrogen) atoms. The molecule has 0 bridgehead atoms. The van der Waals surface area contributed by atoms with Crippen molar-refractivity contribution in [2.24, 2.45) is 4.99 Å². The third kappa shape index (κ3) is 8.46. The molecule has 0 saturated carbocycles. The van der Waals surface area contributed by atoms with Crippen LogP contribution < -0.4 is 10.6 Å². The summed E-state index contributed by atoms with van der Waals surface area (Å²) < 4.78 is 47.6. The fraction of sp³-hybridized carbons (Fsp3) is 0.714. The molecule has 0 spiro atoms. The summed E-state index contributed by atoms with van der Waals surface area (Å²) in [4.78, 5) is 7.91. The lowest BCUT2D eigenvalue weighted by Crippen LogP contribution is -2.38. The van der Waals surface area contributed by atoms with Crippen molar-refractivity contribution >= 4 is 17.3 Å². The maximum atomic E-state index is 12.5. The van der Waals surface area contributed by atoms with Crippen LogP contribution in [0.2, 0.25) is 0 Å². The van der Waals surface area contributed by atoms with Gasteiger partial charge in [-0.15, -0.1) is 11.3 Å². The first-order chi connectivity index (χ1) is 11.5. The van der Waals surface area contributed by atoms with E-state index in [1.807, 2.05) is 6.92 Å². The summed E-state index contributed by atoms with van der Waals surface area (Å²) in [5, 5.41) is 7.60. The smallest absolute Gasteiger partial charge is 0.382 e. The van der Waals surface area contributed by atoms with E-state index in [0.29, 0.717) is 56.8 Å². The molecule has 2 N–H and O–H groups in total. The van der Waals surface area contributed by atoms with Crippen LogP contribution in [-0.2, 0) is 22.1 Å². The molecule has 0 aliphatic heterocycles. The highest BCUT2D eigenvalue weighted by Crippen LogP contribution is 2.29. The number of alkyl halides is 3. The minimum Gasteiger partial charge on any atom is -0.382 e. The summed E-state index contributed by atoms with van der Waals surface area (Å²) in [6.45, 7) is 5.07. The summed E-state index contributed by atoms with van der Waals surface area (Å²) in [7, 11) is 1.61. The van der Waals surface area contributed by atoms with Crippen LogP contribution in [0.5, 0.6) is 0 Å². The Hall–Kier alpha value is -1.39. The SMILES string of the molecule is CCNC(=NCCOCCOC)NCCc1nc(C(F)(F)F)cs1. The molecule has 0 aromatic carbocycles. The highest BCUT2D eigenvalue weighted by Gasteiger charge is 2.33. The Morgan fingerprint density at radius 1 is 1.29 bits per heavy atom. The molecule has 0 saturated heterocycles. The Labute approximate surface area is 143 Å². The zero-order valence-corrected chi connectivity index (χ0v) is 14.6. The molecule has 138 valence electrons. The molecular weight excluding hydrogens is 345 g/mol. The summed E-state index contributed by atoms with van der Waals surface area (Å²) >= 11 is 1.01. The monoisotopic (exact) mass is 368 g/mol. The molecule has 1 heterocycles. The first-order valence-electron chi connectivity index (χ1n) is 7.57. The lowest BCUT2D eigenvalue weighted by atomic mass is 10.4. The number of hydrogen-bond acceptors (Lipinski definition) is 5. The number of nitrogens with zero attached hydrogens (tertiary/aromatic N) is 2. The third-order valence-electron chi connectivity index (χ3n) is 2.76. The molecule has 0 unspecified atom stereocenters. The van der Waals surface area contributed by atoms with E-state index < -0.39 is 11.9 Å². The van der Waals surface area contributed by atoms with E-state index in [-0.39, 0.29) is 0 Å². The number of rotatable bonds is 10. The van der Waals surface area contributed by atoms with Crippen LogP contribution >= 0.6 is 11.3 Å². The molecule has 10 heteroatoms. The number of halogens is 3. The molecule has 0 fully saturated rings. The van der Waals surface area contributed by atoms with Crippen LogP contribution in [0, 0.1) is 0 Å². The lowest BCUT2D eigenvalue weighted by Gasteiger charge is -2.10. The average molecular weight is 368 g/mol. The quantitative estimate of drug-likeness (QED) is 0.375. The third-order valence-corrected chi connectivity index (χ3v) is 3.66. The summed E-state index contributed by atoms with van der Waals surface area (Å²) in [6.07, 6.45) is -3.99. The summed E-state index contributed by atoms with van der Waals surface area (Å²) in [5.74, 6) is 0.598. The van der Waals surface area contributed by atoms with Gasteiger partial charge in [-0.2, -0.15) is 13.2 Å². The first kappa shape index (κ1) is 20.7. The van der Waals surface area contributed by atoms with Crippen LogP contribution in [0.25, 0.3) is 0 Å². The van der Waals surface area contributed by atoms with E-state index in [0.717, 1.165) is 16.7 Å². The van der Waals surface area contributed by atoms with Crippen LogP contribution in [0.15, 0.2) is 10.4 Å². The van der Waals surface area contributed by atoms with Crippen LogP contribution in [0.4, 0.5) is 13.2 Å². The number of aliphatic imine (C=N–C) groups is 1. The number of ether oxygens (including phenoxy) is 2. The minimum atomic E-state index is -4.39. The number of methoxy groups -OCH3 is 1. The second kappa shape index (κ2) is 11.2. The maximum absolute atomic E-state index is 12.5. The van der Waals surface area contributed by atoms with Gasteiger partial charge < -0.3 is 20.1 Å². The highest BCUT2D eigenvalue weighted by atomic mass is 32.1. The minimum absolute atomic E-state index is 0.398. The predicted octanol–water partition coefficient (Wildman–Crippen LogP) is 1.92. The van der Waals surface area contributed by atoms with E-state index in [4.69, 9.17) is 9.47 Å². The van der Waals surface area contributed by atoms with Gasteiger partial charge in [0, 0.05) is 32.0 Å². The molecule has 0 aliphatic rings. The Bertz CT molecular complexity index is 495. The van der Waals surface area contributed by atoms with Crippen molar-refractivity contribution in [2.45, 2.75) is 19.5 Å². The van der Waals surface area contributed by atoms with Crippen molar-refractivity contribution in [1.29, 1.82) is 0 Å². The maximum Gasteiger partial charge on any atom is 0.434 e. The second-order valence-corrected chi connectivity index (χ2v) is 5.61. The number of nitrogens with one attached hydrogen (secondary N) is 2. The van der Waals surface area contributed by atoms with Gasteiger partial charge >= 0.3 is 6.18 Å². The van der Waals surface area contributed by atoms with Gasteiger partial charge in [-0.1, -0.05) is 0 Å². The Morgan fingerprint density at radius 2 is 2.08 bits per heavy atom. The van der Waals surface area contributed by atoms with E-state index in [1.165, 1.54) is 0 Å². The van der Waals surface area contributed by atoms with Crippen molar-refractivity contribution in [1.82, 2.24) is 15.6 Å². The van der Waals surface area contributed by atoms with Crippen molar-refractivity contribution in [2.75, 3.05) is 46.6 Å². The molecule has 6 nitrogen and oxygen atoms in total. The van der Waals surface area contributed by atoms with Gasteiger partial charge in [-0.25, -0.2) is 4.98 Å². The Balaban J connectivity index is 2.33. The normalized spacial score (nSPS) is 12.5. The molecule has 1 rings (SSSR count). The summed E-state index contributed by atoms with van der Waals surface area (Å²) in [6, 6.07) is 0. The van der Waals surface area contributed by atoms with Crippen LogP contribution in [-0.4, -0.2) is 57.5 Å². The van der Waals surface area contributed by atoms with E-state index >= 15 is 0 Å².